The van der Waals surface area contributed by atoms with Gasteiger partial charge in [-0.3, -0.25) is 9.69 Å². The largest absolute Gasteiger partial charge is 0.338 e. The number of halogens is 1. The average Bonchev–Trinajstić information content (AvgIpc) is 3.10. The lowest BCUT2D eigenvalue weighted by Crippen LogP contribution is -2.32. The fourth-order valence-electron chi connectivity index (χ4n) is 3.49. The molecule has 2 aromatic rings. The second kappa shape index (κ2) is 8.03. The number of nitrogens with zero attached hydrogens (tertiary/aromatic N) is 2. The third-order valence-electron chi connectivity index (χ3n) is 5.15. The van der Waals surface area contributed by atoms with E-state index >= 15 is 0 Å². The molecule has 0 radical (unpaired) electrons. The highest BCUT2D eigenvalue weighted by Gasteiger charge is 2.28. The van der Waals surface area contributed by atoms with E-state index in [0.717, 1.165) is 36.6 Å². The van der Waals surface area contributed by atoms with Gasteiger partial charge in [-0.15, -0.1) is 0 Å². The number of rotatable bonds is 5. The normalized spacial score (nSPS) is 18.6. The van der Waals surface area contributed by atoms with Crippen molar-refractivity contribution in [1.82, 2.24) is 9.80 Å². The molecule has 0 saturated carbocycles. The van der Waals surface area contributed by atoms with Gasteiger partial charge >= 0.3 is 0 Å². The van der Waals surface area contributed by atoms with Crippen LogP contribution >= 0.6 is 11.6 Å². The molecule has 1 amide bonds. The molecule has 132 valence electrons. The van der Waals surface area contributed by atoms with Crippen LogP contribution in [0.2, 0.25) is 5.02 Å². The molecule has 1 aliphatic heterocycles. The zero-order chi connectivity index (χ0) is 17.8. The van der Waals surface area contributed by atoms with Gasteiger partial charge in [0, 0.05) is 36.3 Å². The van der Waals surface area contributed by atoms with Gasteiger partial charge in [-0.05, 0) is 56.1 Å². The van der Waals surface area contributed by atoms with Crippen LogP contribution in [0.3, 0.4) is 0 Å². The monoisotopic (exact) mass is 356 g/mol. The van der Waals surface area contributed by atoms with Gasteiger partial charge in [-0.25, -0.2) is 0 Å². The van der Waals surface area contributed by atoms with Crippen molar-refractivity contribution >= 4 is 17.5 Å². The predicted octanol–water partition coefficient (Wildman–Crippen LogP) is 4.50. The molecule has 0 aliphatic carbocycles. The van der Waals surface area contributed by atoms with Crippen molar-refractivity contribution in [3.63, 3.8) is 0 Å². The summed E-state index contributed by atoms with van der Waals surface area (Å²) in [6, 6.07) is 18.0. The highest BCUT2D eigenvalue weighted by atomic mass is 35.5. The first-order chi connectivity index (χ1) is 12.0. The summed E-state index contributed by atoms with van der Waals surface area (Å²) in [5.41, 5.74) is 2.05. The van der Waals surface area contributed by atoms with Crippen LogP contribution < -0.4 is 0 Å². The standard InChI is InChI=1S/C21H25ClN2O/c1-16(18-8-10-20(22)11-9-18)23(2)14-17-12-13-24(15-17)21(25)19-6-4-3-5-7-19/h3-11,16-17H,12-15H2,1-2H3. The van der Waals surface area contributed by atoms with Crippen LogP contribution in [0.4, 0.5) is 0 Å². The Morgan fingerprint density at radius 3 is 2.56 bits per heavy atom. The Hall–Kier alpha value is -1.84. The van der Waals surface area contributed by atoms with Crippen molar-refractivity contribution in [2.24, 2.45) is 5.92 Å². The van der Waals surface area contributed by atoms with Crippen LogP contribution in [0, 0.1) is 5.92 Å². The first-order valence-electron chi connectivity index (χ1n) is 8.84. The van der Waals surface area contributed by atoms with Crippen LogP contribution in [-0.2, 0) is 0 Å². The summed E-state index contributed by atoms with van der Waals surface area (Å²) >= 11 is 5.98. The van der Waals surface area contributed by atoms with Crippen molar-refractivity contribution in [3.05, 3.63) is 70.7 Å². The lowest BCUT2D eigenvalue weighted by atomic mass is 10.0. The summed E-state index contributed by atoms with van der Waals surface area (Å²) in [7, 11) is 2.15. The SMILES string of the molecule is CC(c1ccc(Cl)cc1)N(C)CC1CCN(C(=O)c2ccccc2)C1. The van der Waals surface area contributed by atoms with Gasteiger partial charge < -0.3 is 4.90 Å². The van der Waals surface area contributed by atoms with Gasteiger partial charge in [0.15, 0.2) is 0 Å². The maximum Gasteiger partial charge on any atom is 0.253 e. The number of carbonyl (C=O) groups is 1. The summed E-state index contributed by atoms with van der Waals surface area (Å²) in [6.07, 6.45) is 1.07. The number of hydrogen-bond donors (Lipinski definition) is 0. The van der Waals surface area contributed by atoms with E-state index in [1.54, 1.807) is 0 Å². The van der Waals surface area contributed by atoms with E-state index in [4.69, 9.17) is 11.6 Å². The van der Waals surface area contributed by atoms with Gasteiger partial charge in [0.2, 0.25) is 0 Å². The molecule has 1 heterocycles. The van der Waals surface area contributed by atoms with Crippen LogP contribution in [-0.4, -0.2) is 42.4 Å². The van der Waals surface area contributed by atoms with E-state index in [0.29, 0.717) is 12.0 Å². The molecule has 3 rings (SSSR count). The van der Waals surface area contributed by atoms with E-state index in [2.05, 4.69) is 31.0 Å². The van der Waals surface area contributed by atoms with E-state index in [1.165, 1.54) is 5.56 Å². The van der Waals surface area contributed by atoms with Crippen molar-refractivity contribution in [1.29, 1.82) is 0 Å². The fraction of sp³-hybridized carbons (Fsp3) is 0.381. The minimum atomic E-state index is 0.150. The lowest BCUT2D eigenvalue weighted by Gasteiger charge is -2.28. The second-order valence-corrected chi connectivity index (χ2v) is 7.38. The van der Waals surface area contributed by atoms with Crippen molar-refractivity contribution in [2.75, 3.05) is 26.7 Å². The van der Waals surface area contributed by atoms with Crippen LogP contribution in [0.1, 0.15) is 35.3 Å². The Balaban J connectivity index is 1.55. The Labute approximate surface area is 155 Å². The molecule has 1 aliphatic rings. The molecule has 0 spiro atoms. The van der Waals surface area contributed by atoms with E-state index < -0.39 is 0 Å². The molecule has 4 heteroatoms. The van der Waals surface area contributed by atoms with Crippen molar-refractivity contribution < 1.29 is 4.79 Å². The maximum absolute atomic E-state index is 12.6. The van der Waals surface area contributed by atoms with Gasteiger partial charge in [-0.1, -0.05) is 41.9 Å². The lowest BCUT2D eigenvalue weighted by molar-refractivity contribution is 0.0783. The fourth-order valence-corrected chi connectivity index (χ4v) is 3.62. The van der Waals surface area contributed by atoms with Crippen molar-refractivity contribution in [2.45, 2.75) is 19.4 Å². The molecule has 25 heavy (non-hydrogen) atoms. The number of amides is 1. The topological polar surface area (TPSA) is 23.6 Å². The quantitative estimate of drug-likeness (QED) is 0.787. The minimum absolute atomic E-state index is 0.150. The number of likely N-dealkylation sites (tertiary alicyclic amines) is 1. The van der Waals surface area contributed by atoms with E-state index in [9.17, 15) is 4.79 Å². The number of carbonyl (C=O) groups excluding carboxylic acids is 1. The summed E-state index contributed by atoms with van der Waals surface area (Å²) in [5.74, 6) is 0.670. The van der Waals surface area contributed by atoms with E-state index in [1.807, 2.05) is 47.4 Å². The Kier molecular flexibility index (Phi) is 5.77. The van der Waals surface area contributed by atoms with Crippen LogP contribution in [0.15, 0.2) is 54.6 Å². The highest BCUT2D eigenvalue weighted by Crippen LogP contribution is 2.25. The third-order valence-corrected chi connectivity index (χ3v) is 5.41. The zero-order valence-electron chi connectivity index (χ0n) is 14.9. The van der Waals surface area contributed by atoms with Crippen LogP contribution in [0.5, 0.6) is 0 Å². The predicted molar refractivity (Wildman–Crippen MR) is 103 cm³/mol. The molecular formula is C21H25ClN2O. The maximum atomic E-state index is 12.6. The van der Waals surface area contributed by atoms with Gasteiger partial charge in [0.25, 0.3) is 5.91 Å². The first kappa shape index (κ1) is 18.0. The first-order valence-corrected chi connectivity index (χ1v) is 9.22. The smallest absolute Gasteiger partial charge is 0.253 e. The average molecular weight is 357 g/mol. The molecule has 3 nitrogen and oxygen atoms in total. The second-order valence-electron chi connectivity index (χ2n) is 6.94. The molecule has 2 unspecified atom stereocenters. The molecule has 1 fully saturated rings. The highest BCUT2D eigenvalue weighted by molar-refractivity contribution is 6.30. The van der Waals surface area contributed by atoms with Crippen molar-refractivity contribution in [3.8, 4) is 0 Å². The Bertz CT molecular complexity index is 702. The summed E-state index contributed by atoms with van der Waals surface area (Å²) in [6.45, 7) is 4.89. The number of benzene rings is 2. The van der Waals surface area contributed by atoms with Gasteiger partial charge in [0.05, 0.1) is 0 Å². The van der Waals surface area contributed by atoms with E-state index in [-0.39, 0.29) is 5.91 Å². The summed E-state index contributed by atoms with van der Waals surface area (Å²) < 4.78 is 0. The summed E-state index contributed by atoms with van der Waals surface area (Å²) in [4.78, 5) is 16.9. The zero-order valence-corrected chi connectivity index (χ0v) is 15.6. The van der Waals surface area contributed by atoms with Crippen LogP contribution in [0.25, 0.3) is 0 Å². The molecule has 2 aromatic carbocycles. The van der Waals surface area contributed by atoms with Gasteiger partial charge in [0.1, 0.15) is 0 Å². The molecule has 1 saturated heterocycles. The molecule has 0 aromatic heterocycles. The number of hydrogen-bond acceptors (Lipinski definition) is 2. The molecule has 0 bridgehead atoms. The molecular weight excluding hydrogens is 332 g/mol. The Morgan fingerprint density at radius 2 is 1.88 bits per heavy atom. The van der Waals surface area contributed by atoms with Gasteiger partial charge in [-0.2, -0.15) is 0 Å². The third kappa shape index (κ3) is 4.42. The summed E-state index contributed by atoms with van der Waals surface area (Å²) in [5, 5.41) is 0.768. The molecule has 0 N–H and O–H groups in total. The Morgan fingerprint density at radius 1 is 1.20 bits per heavy atom. The molecule has 2 atom stereocenters. The minimum Gasteiger partial charge on any atom is -0.338 e.